The third-order valence-electron chi connectivity index (χ3n) is 4.85. The summed E-state index contributed by atoms with van der Waals surface area (Å²) >= 11 is -5.76. The van der Waals surface area contributed by atoms with Crippen LogP contribution in [-0.2, 0) is 69.8 Å². The van der Waals surface area contributed by atoms with Crippen molar-refractivity contribution in [2.24, 2.45) is 0 Å². The Balaban J connectivity index is -0.000000106. The van der Waals surface area contributed by atoms with Crippen LogP contribution in [0.15, 0.2) is 23.7 Å². The van der Waals surface area contributed by atoms with E-state index in [1.54, 1.807) is 14.5 Å². The second kappa shape index (κ2) is 33.0. The van der Waals surface area contributed by atoms with E-state index in [1.807, 2.05) is 0 Å². The van der Waals surface area contributed by atoms with Crippen molar-refractivity contribution >= 4 is 54.8 Å². The SMILES string of the molecule is C.CC1=CC(=O)CS(=O)(=O)O1.CC1=CC(=O)NS(=O)(=O)O1.CC[NH+](CC)CC.CC[NH+](CC)CC.O.O=S([O-])O[O-].O=S([O-])O[O-]. The number of nitrogens with one attached hydrogen (secondary N) is 3. The van der Waals surface area contributed by atoms with Gasteiger partial charge >= 0.3 is 20.4 Å². The van der Waals surface area contributed by atoms with Crippen molar-refractivity contribution in [1.29, 1.82) is 0 Å². The Morgan fingerprint density at radius 2 is 1.07 bits per heavy atom. The molecule has 280 valence electrons. The van der Waals surface area contributed by atoms with Gasteiger partial charge in [0.15, 0.2) is 5.78 Å². The van der Waals surface area contributed by atoms with E-state index in [-0.39, 0.29) is 24.4 Å². The van der Waals surface area contributed by atoms with Crippen LogP contribution < -0.4 is 25.0 Å². The van der Waals surface area contributed by atoms with Crippen LogP contribution in [0.1, 0.15) is 62.8 Å². The van der Waals surface area contributed by atoms with Crippen LogP contribution in [0.4, 0.5) is 0 Å². The Hall–Kier alpha value is -1.94. The molecule has 2 aliphatic heterocycles. The van der Waals surface area contributed by atoms with Gasteiger partial charge in [0.2, 0.25) is 0 Å². The van der Waals surface area contributed by atoms with Gasteiger partial charge in [0.25, 0.3) is 5.91 Å². The zero-order valence-electron chi connectivity index (χ0n) is 26.3. The minimum atomic E-state index is -3.85. The molecule has 0 aromatic carbocycles. The van der Waals surface area contributed by atoms with E-state index in [1.165, 1.54) is 59.2 Å². The first-order valence-corrected chi connectivity index (χ1v) is 17.8. The lowest BCUT2D eigenvalue weighted by molar-refractivity contribution is -0.894. The molecule has 2 unspecified atom stereocenters. The lowest BCUT2D eigenvalue weighted by atomic mass is 10.4. The average molecular weight is 756 g/mol. The van der Waals surface area contributed by atoms with Gasteiger partial charge in [-0.3, -0.25) is 9.59 Å². The first-order valence-electron chi connectivity index (χ1n) is 12.8. The van der Waals surface area contributed by atoms with Crippen molar-refractivity contribution in [2.75, 3.05) is 45.0 Å². The number of hydrogen-bond donors (Lipinski definition) is 3. The molecular formula is C22H49N3O17S4-2. The van der Waals surface area contributed by atoms with Crippen LogP contribution in [0.2, 0.25) is 0 Å². The molecule has 2 heterocycles. The Bertz CT molecular complexity index is 1020. The standard InChI is InChI=1S/2C6H15N.C5H6O4S.C4H5NO4S.CH4.2H2O4S.H2O/c2*1-4-7(5-2)6-3;1-4-2-5(6)3-10(7,8)9-4;1-3-2-4(6)5-10(7,8)9-3;;2*1-4-5(2)3;/h2*4-6H2,1-3H3;2H,3H2,1H3;2H,1H3,(H,5,6);1H4;2*1H,(H,2,3);1H2/p-2. The number of allylic oxidation sites excluding steroid dienone is 3. The van der Waals surface area contributed by atoms with Crippen LogP contribution in [-0.4, -0.2) is 96.5 Å². The summed E-state index contributed by atoms with van der Waals surface area (Å²) in [6.07, 6.45) is 2.22. The molecule has 0 radical (unpaired) electrons. The number of ketones is 1. The summed E-state index contributed by atoms with van der Waals surface area (Å²) in [5, 5.41) is 17.0. The molecule has 0 fully saturated rings. The Kier molecular flexibility index (Phi) is 40.4. The van der Waals surface area contributed by atoms with Crippen molar-refractivity contribution in [2.45, 2.75) is 62.8 Å². The highest BCUT2D eigenvalue weighted by atomic mass is 32.2. The van der Waals surface area contributed by atoms with E-state index in [0.717, 1.165) is 6.08 Å². The number of quaternary nitrogens is 2. The minimum Gasteiger partial charge on any atom is -0.750 e. The normalized spacial score (nSPS) is 16.3. The van der Waals surface area contributed by atoms with Crippen molar-refractivity contribution in [3.05, 3.63) is 23.7 Å². The molecule has 2 aliphatic rings. The molecule has 0 aliphatic carbocycles. The fourth-order valence-electron chi connectivity index (χ4n) is 2.75. The Morgan fingerprint density at radius 3 is 1.24 bits per heavy atom. The molecule has 5 N–H and O–H groups in total. The van der Waals surface area contributed by atoms with Crippen molar-refractivity contribution in [3.63, 3.8) is 0 Å². The van der Waals surface area contributed by atoms with Crippen molar-refractivity contribution in [1.82, 2.24) is 4.72 Å². The molecule has 1 amide bonds. The summed E-state index contributed by atoms with van der Waals surface area (Å²) in [6.45, 7) is 23.8. The van der Waals surface area contributed by atoms with Gasteiger partial charge in [-0.05, 0) is 55.4 Å². The van der Waals surface area contributed by atoms with Gasteiger partial charge < -0.3 is 51.9 Å². The van der Waals surface area contributed by atoms with Gasteiger partial charge in [0.1, 0.15) is 17.3 Å². The van der Waals surface area contributed by atoms with Gasteiger partial charge in [-0.2, -0.15) is 16.8 Å². The van der Waals surface area contributed by atoms with Crippen molar-refractivity contribution < 1.29 is 86.8 Å². The smallest absolute Gasteiger partial charge is 0.409 e. The highest BCUT2D eigenvalue weighted by molar-refractivity contribution is 7.87. The molecule has 20 nitrogen and oxygen atoms in total. The summed E-state index contributed by atoms with van der Waals surface area (Å²) in [7, 11) is -7.45. The number of rotatable bonds is 8. The van der Waals surface area contributed by atoms with Crippen LogP contribution in [0.5, 0.6) is 0 Å². The number of amides is 1. The van der Waals surface area contributed by atoms with Crippen LogP contribution in [0.25, 0.3) is 0 Å². The van der Waals surface area contributed by atoms with Gasteiger partial charge in [-0.15, -0.1) is 0 Å². The first kappa shape index (κ1) is 56.4. The molecule has 0 saturated heterocycles. The zero-order valence-corrected chi connectivity index (χ0v) is 29.5. The maximum atomic E-state index is 10.6. The third kappa shape index (κ3) is 40.1. The molecule has 0 saturated carbocycles. The highest BCUT2D eigenvalue weighted by Gasteiger charge is 2.22. The average Bonchev–Trinajstić information content (AvgIpc) is 2.89. The monoisotopic (exact) mass is 755 g/mol. The summed E-state index contributed by atoms with van der Waals surface area (Å²) in [6, 6.07) is 0. The number of hydrogen-bond acceptors (Lipinski definition) is 16. The second-order valence-electron chi connectivity index (χ2n) is 7.93. The predicted octanol–water partition coefficient (Wildman–Crippen LogP) is -5.08. The van der Waals surface area contributed by atoms with Gasteiger partial charge in [-0.25, -0.2) is 13.1 Å². The molecule has 0 bridgehead atoms. The molecule has 46 heavy (non-hydrogen) atoms. The van der Waals surface area contributed by atoms with E-state index in [4.69, 9.17) is 28.0 Å². The van der Waals surface area contributed by atoms with Gasteiger partial charge in [0.05, 0.1) is 62.0 Å². The maximum absolute atomic E-state index is 10.6. The molecule has 2 atom stereocenters. The van der Waals surface area contributed by atoms with Gasteiger partial charge in [0, 0.05) is 12.2 Å². The largest absolute Gasteiger partial charge is 0.750 e. The van der Waals surface area contributed by atoms with E-state index in [0.29, 0.717) is 0 Å². The van der Waals surface area contributed by atoms with Crippen LogP contribution >= 0.6 is 0 Å². The summed E-state index contributed by atoms with van der Waals surface area (Å²) in [4.78, 5) is 24.4. The predicted molar refractivity (Wildman–Crippen MR) is 161 cm³/mol. The van der Waals surface area contributed by atoms with E-state index < -0.39 is 60.6 Å². The summed E-state index contributed by atoms with van der Waals surface area (Å²) in [5.41, 5.74) is 0. The molecule has 2 rings (SSSR count). The maximum Gasteiger partial charge on any atom is 0.409 e. The zero-order chi connectivity index (χ0) is 35.5. The van der Waals surface area contributed by atoms with Gasteiger partial charge in [-0.1, -0.05) is 7.43 Å². The quantitative estimate of drug-likeness (QED) is 0.0903. The van der Waals surface area contributed by atoms with Crippen molar-refractivity contribution in [3.8, 4) is 0 Å². The fourth-order valence-corrected chi connectivity index (χ4v) is 4.43. The molecular weight excluding hydrogens is 707 g/mol. The lowest BCUT2D eigenvalue weighted by Gasteiger charge is -2.10. The molecule has 24 heteroatoms. The topological polar surface area (TPSA) is 318 Å². The van der Waals surface area contributed by atoms with Crippen LogP contribution in [0.3, 0.4) is 0 Å². The highest BCUT2D eigenvalue weighted by Crippen LogP contribution is 2.09. The van der Waals surface area contributed by atoms with E-state index in [9.17, 15) is 26.4 Å². The van der Waals surface area contributed by atoms with Crippen LogP contribution in [0, 0.1) is 0 Å². The lowest BCUT2D eigenvalue weighted by Crippen LogP contribution is -3.11. The summed E-state index contributed by atoms with van der Waals surface area (Å²) in [5.74, 6) is -1.43. The number of carbonyl (C=O) groups excluding carboxylic acids is 2. The van der Waals surface area contributed by atoms with E-state index >= 15 is 0 Å². The third-order valence-corrected chi connectivity index (χ3v) is 7.16. The number of carbonyl (C=O) groups is 2. The fraction of sp³-hybridized carbons (Fsp3) is 0.727. The van der Waals surface area contributed by atoms with E-state index in [2.05, 4.69) is 58.6 Å². The summed E-state index contributed by atoms with van der Waals surface area (Å²) < 4.78 is 92.5. The second-order valence-corrected chi connectivity index (χ2v) is 11.9. The molecule has 0 spiro atoms. The Morgan fingerprint density at radius 1 is 0.761 bits per heavy atom. The molecule has 0 aromatic heterocycles. The minimum absolute atomic E-state index is 0. The molecule has 0 aromatic rings. The first-order chi connectivity index (χ1) is 20.2. The Labute approximate surface area is 277 Å².